The fourth-order valence-corrected chi connectivity index (χ4v) is 1.52. The summed E-state index contributed by atoms with van der Waals surface area (Å²) < 4.78 is 10.4. The smallest absolute Gasteiger partial charge is 0.262 e. The third-order valence-electron chi connectivity index (χ3n) is 2.39. The molecule has 0 atom stereocenters. The fourth-order valence-electron chi connectivity index (χ4n) is 1.52. The number of anilines is 1. The number of amides is 1. The predicted octanol–water partition coefficient (Wildman–Crippen LogP) is 2.11. The minimum absolute atomic E-state index is 0.0796. The maximum absolute atomic E-state index is 11.7. The Kier molecular flexibility index (Phi) is 4.34. The number of methoxy groups -OCH3 is 1. The first-order valence-corrected chi connectivity index (χ1v) is 5.75. The Labute approximate surface area is 111 Å². The van der Waals surface area contributed by atoms with Crippen molar-refractivity contribution in [1.82, 2.24) is 4.98 Å². The van der Waals surface area contributed by atoms with Crippen LogP contribution < -0.4 is 14.8 Å². The second kappa shape index (κ2) is 6.39. The summed E-state index contributed by atoms with van der Waals surface area (Å²) in [5.74, 6) is 0.906. The summed E-state index contributed by atoms with van der Waals surface area (Å²) in [4.78, 5) is 15.6. The van der Waals surface area contributed by atoms with Crippen molar-refractivity contribution in [2.75, 3.05) is 19.0 Å². The van der Waals surface area contributed by atoms with Gasteiger partial charge in [-0.1, -0.05) is 12.1 Å². The lowest BCUT2D eigenvalue weighted by Crippen LogP contribution is -2.20. The minimum atomic E-state index is -0.256. The van der Waals surface area contributed by atoms with E-state index in [1.807, 2.05) is 12.1 Å². The van der Waals surface area contributed by atoms with E-state index in [1.165, 1.54) is 0 Å². The summed E-state index contributed by atoms with van der Waals surface area (Å²) in [6.45, 7) is -0.0796. The normalized spacial score (nSPS) is 9.74. The number of benzene rings is 1. The van der Waals surface area contributed by atoms with Crippen LogP contribution in [-0.2, 0) is 4.79 Å². The maximum Gasteiger partial charge on any atom is 0.262 e. The molecule has 1 aromatic heterocycles. The van der Waals surface area contributed by atoms with Crippen LogP contribution in [0.25, 0.3) is 0 Å². The molecular formula is C14H14N2O3. The van der Waals surface area contributed by atoms with Crippen LogP contribution in [0, 0.1) is 0 Å². The number of pyridine rings is 1. The van der Waals surface area contributed by atoms with Gasteiger partial charge < -0.3 is 14.8 Å². The molecule has 0 radical (unpaired) electrons. The zero-order valence-corrected chi connectivity index (χ0v) is 10.5. The lowest BCUT2D eigenvalue weighted by atomic mass is 10.3. The van der Waals surface area contributed by atoms with Gasteiger partial charge in [-0.3, -0.25) is 9.78 Å². The van der Waals surface area contributed by atoms with Crippen LogP contribution in [0.2, 0.25) is 0 Å². The topological polar surface area (TPSA) is 60.5 Å². The summed E-state index contributed by atoms with van der Waals surface area (Å²) >= 11 is 0. The van der Waals surface area contributed by atoms with Gasteiger partial charge in [0, 0.05) is 6.20 Å². The number of nitrogens with zero attached hydrogens (tertiary/aromatic N) is 1. The molecule has 1 aromatic carbocycles. The highest BCUT2D eigenvalue weighted by molar-refractivity contribution is 5.93. The highest BCUT2D eigenvalue weighted by Gasteiger charge is 2.07. The van der Waals surface area contributed by atoms with Crippen molar-refractivity contribution in [1.29, 1.82) is 0 Å². The summed E-state index contributed by atoms with van der Waals surface area (Å²) in [5.41, 5.74) is 0.616. The van der Waals surface area contributed by atoms with E-state index in [9.17, 15) is 4.79 Å². The number of hydrogen-bond donors (Lipinski definition) is 1. The third kappa shape index (κ3) is 3.70. The number of rotatable bonds is 5. The first kappa shape index (κ1) is 12.9. The van der Waals surface area contributed by atoms with E-state index in [-0.39, 0.29) is 12.5 Å². The van der Waals surface area contributed by atoms with E-state index in [4.69, 9.17) is 9.47 Å². The molecule has 0 saturated heterocycles. The monoisotopic (exact) mass is 258 g/mol. The summed E-state index contributed by atoms with van der Waals surface area (Å²) in [7, 11) is 1.55. The molecule has 0 aliphatic carbocycles. The molecule has 0 saturated carbocycles. The number of hydrogen-bond acceptors (Lipinski definition) is 4. The van der Waals surface area contributed by atoms with Crippen molar-refractivity contribution in [3.8, 4) is 11.5 Å². The first-order chi connectivity index (χ1) is 9.29. The van der Waals surface area contributed by atoms with Gasteiger partial charge in [0.2, 0.25) is 0 Å². The molecule has 5 nitrogen and oxygen atoms in total. The SMILES string of the molecule is COc1ccccc1NC(=O)COc1cccnc1. The summed E-state index contributed by atoms with van der Waals surface area (Å²) in [6, 6.07) is 10.7. The van der Waals surface area contributed by atoms with Gasteiger partial charge in [-0.05, 0) is 24.3 Å². The van der Waals surface area contributed by atoms with Gasteiger partial charge in [0.15, 0.2) is 6.61 Å². The standard InChI is InChI=1S/C14H14N2O3/c1-18-13-7-3-2-6-12(13)16-14(17)10-19-11-5-4-8-15-9-11/h2-9H,10H2,1H3,(H,16,17). The van der Waals surface area contributed by atoms with Gasteiger partial charge >= 0.3 is 0 Å². The van der Waals surface area contributed by atoms with Gasteiger partial charge in [0.25, 0.3) is 5.91 Å². The number of nitrogens with one attached hydrogen (secondary N) is 1. The number of carbonyl (C=O) groups excluding carboxylic acids is 1. The zero-order chi connectivity index (χ0) is 13.5. The first-order valence-electron chi connectivity index (χ1n) is 5.75. The Hall–Kier alpha value is -2.56. The molecule has 0 spiro atoms. The molecule has 1 amide bonds. The average Bonchev–Trinajstić information content (AvgIpc) is 2.47. The Morgan fingerprint density at radius 3 is 2.84 bits per heavy atom. The lowest BCUT2D eigenvalue weighted by Gasteiger charge is -2.10. The molecule has 0 aliphatic rings. The van der Waals surface area contributed by atoms with Crippen LogP contribution in [0.3, 0.4) is 0 Å². The zero-order valence-electron chi connectivity index (χ0n) is 10.5. The Morgan fingerprint density at radius 1 is 1.26 bits per heavy atom. The number of ether oxygens (including phenoxy) is 2. The molecule has 98 valence electrons. The lowest BCUT2D eigenvalue weighted by molar-refractivity contribution is -0.118. The Morgan fingerprint density at radius 2 is 2.11 bits per heavy atom. The average molecular weight is 258 g/mol. The van der Waals surface area contributed by atoms with Crippen molar-refractivity contribution in [3.05, 3.63) is 48.8 Å². The van der Waals surface area contributed by atoms with Crippen LogP contribution in [-0.4, -0.2) is 24.6 Å². The minimum Gasteiger partial charge on any atom is -0.495 e. The molecule has 5 heteroatoms. The number of aromatic nitrogens is 1. The molecule has 19 heavy (non-hydrogen) atoms. The summed E-state index contributed by atoms with van der Waals surface area (Å²) in [5, 5.41) is 2.72. The van der Waals surface area contributed by atoms with Gasteiger partial charge in [-0.25, -0.2) is 0 Å². The van der Waals surface area contributed by atoms with Crippen molar-refractivity contribution < 1.29 is 14.3 Å². The van der Waals surface area contributed by atoms with Gasteiger partial charge in [0.05, 0.1) is 19.0 Å². The number of carbonyl (C=O) groups is 1. The third-order valence-corrected chi connectivity index (χ3v) is 2.39. The quantitative estimate of drug-likeness (QED) is 0.892. The number of para-hydroxylation sites is 2. The van der Waals surface area contributed by atoms with E-state index < -0.39 is 0 Å². The molecule has 0 bridgehead atoms. The molecule has 1 heterocycles. The van der Waals surface area contributed by atoms with Crippen LogP contribution in [0.1, 0.15) is 0 Å². The summed E-state index contributed by atoms with van der Waals surface area (Å²) in [6.07, 6.45) is 3.19. The van der Waals surface area contributed by atoms with Crippen molar-refractivity contribution in [3.63, 3.8) is 0 Å². The van der Waals surface area contributed by atoms with Crippen molar-refractivity contribution in [2.24, 2.45) is 0 Å². The van der Waals surface area contributed by atoms with E-state index in [2.05, 4.69) is 10.3 Å². The van der Waals surface area contributed by atoms with Gasteiger partial charge in [-0.2, -0.15) is 0 Å². The molecule has 0 aliphatic heterocycles. The Balaban J connectivity index is 1.91. The highest BCUT2D eigenvalue weighted by atomic mass is 16.5. The second-order valence-corrected chi connectivity index (χ2v) is 3.73. The fraction of sp³-hybridized carbons (Fsp3) is 0.143. The van der Waals surface area contributed by atoms with E-state index in [1.54, 1.807) is 43.8 Å². The molecular weight excluding hydrogens is 244 g/mol. The van der Waals surface area contributed by atoms with Crippen molar-refractivity contribution >= 4 is 11.6 Å². The second-order valence-electron chi connectivity index (χ2n) is 3.73. The molecule has 2 aromatic rings. The van der Waals surface area contributed by atoms with E-state index in [0.717, 1.165) is 0 Å². The predicted molar refractivity (Wildman–Crippen MR) is 71.4 cm³/mol. The highest BCUT2D eigenvalue weighted by Crippen LogP contribution is 2.22. The molecule has 1 N–H and O–H groups in total. The van der Waals surface area contributed by atoms with Crippen LogP contribution in [0.5, 0.6) is 11.5 Å². The Bertz CT molecular complexity index is 543. The van der Waals surface area contributed by atoms with E-state index in [0.29, 0.717) is 17.2 Å². The van der Waals surface area contributed by atoms with Crippen LogP contribution >= 0.6 is 0 Å². The molecule has 0 fully saturated rings. The van der Waals surface area contributed by atoms with Gasteiger partial charge in [0.1, 0.15) is 11.5 Å². The maximum atomic E-state index is 11.7. The van der Waals surface area contributed by atoms with Gasteiger partial charge in [-0.15, -0.1) is 0 Å². The van der Waals surface area contributed by atoms with Crippen molar-refractivity contribution in [2.45, 2.75) is 0 Å². The largest absolute Gasteiger partial charge is 0.495 e. The molecule has 0 unspecified atom stereocenters. The van der Waals surface area contributed by atoms with Crippen LogP contribution in [0.4, 0.5) is 5.69 Å². The van der Waals surface area contributed by atoms with E-state index >= 15 is 0 Å². The molecule has 2 rings (SSSR count). The van der Waals surface area contributed by atoms with Crippen LogP contribution in [0.15, 0.2) is 48.8 Å².